The molecule has 0 aliphatic heterocycles. The van der Waals surface area contributed by atoms with E-state index in [0.29, 0.717) is 5.92 Å². The van der Waals surface area contributed by atoms with Gasteiger partial charge in [-0.3, -0.25) is 14.9 Å². The first kappa shape index (κ1) is 24.4. The molecule has 2 unspecified atom stereocenters. The molecule has 1 fully saturated rings. The maximum atomic E-state index is 10.0. The number of allylic oxidation sites excluding steroid dienone is 2. The van der Waals surface area contributed by atoms with Crippen molar-refractivity contribution in [2.24, 2.45) is 5.41 Å². The summed E-state index contributed by atoms with van der Waals surface area (Å²) in [6.45, 7) is 10.0. The van der Waals surface area contributed by atoms with E-state index in [1.807, 2.05) is 12.3 Å². The molecule has 2 aliphatic carbocycles. The number of hydrogen-bond acceptors (Lipinski definition) is 4. The second-order valence-electron chi connectivity index (χ2n) is 10.1. The minimum absolute atomic E-state index is 0. The summed E-state index contributed by atoms with van der Waals surface area (Å²) >= 11 is 0. The Morgan fingerprint density at radius 3 is 2.53 bits per heavy atom. The third kappa shape index (κ3) is 3.37. The summed E-state index contributed by atoms with van der Waals surface area (Å²) in [4.78, 5) is 14.7. The van der Waals surface area contributed by atoms with Crippen molar-refractivity contribution in [3.8, 4) is 5.82 Å². The number of carbonyl (C=O) groups is 1. The maximum Gasteiger partial charge on any atom is 0.155 e. The summed E-state index contributed by atoms with van der Waals surface area (Å²) in [5, 5.41) is 20.2. The van der Waals surface area contributed by atoms with E-state index in [4.69, 9.17) is 20.3 Å². The number of benzene rings is 1. The zero-order chi connectivity index (χ0) is 23.5. The summed E-state index contributed by atoms with van der Waals surface area (Å²) in [5.41, 5.74) is 5.07. The van der Waals surface area contributed by atoms with Gasteiger partial charge in [0.2, 0.25) is 0 Å². The summed E-state index contributed by atoms with van der Waals surface area (Å²) in [7, 11) is 0. The number of rotatable bonds is 2. The molecule has 2 atom stereocenters. The molecular formula is C27H29IrN4O2-. The van der Waals surface area contributed by atoms with Gasteiger partial charge >= 0.3 is 0 Å². The Morgan fingerprint density at radius 2 is 1.85 bits per heavy atom. The predicted molar refractivity (Wildman–Crippen MR) is 130 cm³/mol. The van der Waals surface area contributed by atoms with Gasteiger partial charge in [0.25, 0.3) is 0 Å². The summed E-state index contributed by atoms with van der Waals surface area (Å²) in [5.74, 6) is 1.45. The molecule has 0 saturated heterocycles. The number of hydrogen-bond donors (Lipinski definition) is 1. The number of aromatic nitrogens is 4. The first-order chi connectivity index (χ1) is 15.7. The van der Waals surface area contributed by atoms with Gasteiger partial charge in [0, 0.05) is 48.9 Å². The molecule has 2 aliphatic rings. The number of fused-ring (bicyclic) bond motifs is 8. The fraction of sp³-hybridized carbons (Fsp3) is 0.370. The molecule has 1 radical (unpaired) electrons. The van der Waals surface area contributed by atoms with Gasteiger partial charge in [-0.25, -0.2) is 0 Å². The maximum absolute atomic E-state index is 10.0. The summed E-state index contributed by atoms with van der Waals surface area (Å²) in [6.07, 6.45) is 5.47. The zero-order valence-electron chi connectivity index (χ0n) is 20.1. The molecular weight excluding hydrogens is 605 g/mol. The Bertz CT molecular complexity index is 1370. The van der Waals surface area contributed by atoms with Crippen molar-refractivity contribution in [2.75, 3.05) is 0 Å². The van der Waals surface area contributed by atoms with Gasteiger partial charge in [-0.2, -0.15) is 0 Å². The van der Waals surface area contributed by atoms with E-state index in [1.165, 1.54) is 54.8 Å². The monoisotopic (exact) mass is 634 g/mol. The van der Waals surface area contributed by atoms with Crippen molar-refractivity contribution in [3.05, 3.63) is 65.7 Å². The Balaban J connectivity index is 0.000000303. The molecule has 3 aromatic heterocycles. The first-order valence-corrected chi connectivity index (χ1v) is 11.4. The SMILES string of the molecule is CC(=O)C=C(C)O.CC12CCC(c3c1n[n-]c3-n1c3ccccc3c3cccnc31)C2(C)C.[Ir]. The van der Waals surface area contributed by atoms with Crippen LogP contribution in [-0.2, 0) is 30.3 Å². The molecule has 0 spiro atoms. The Morgan fingerprint density at radius 1 is 1.15 bits per heavy atom. The molecule has 6 nitrogen and oxygen atoms in total. The molecule has 3 heterocycles. The van der Waals surface area contributed by atoms with Crippen LogP contribution < -0.4 is 5.10 Å². The normalized spacial score (nSPS) is 22.3. The zero-order valence-corrected chi connectivity index (χ0v) is 22.5. The third-order valence-electron chi connectivity index (χ3n) is 7.90. The van der Waals surface area contributed by atoms with Gasteiger partial charge in [0.15, 0.2) is 5.78 Å². The van der Waals surface area contributed by atoms with Crippen LogP contribution in [0.1, 0.15) is 64.6 Å². The summed E-state index contributed by atoms with van der Waals surface area (Å²) in [6, 6.07) is 12.7. The van der Waals surface area contributed by atoms with Crippen LogP contribution in [0, 0.1) is 5.41 Å². The summed E-state index contributed by atoms with van der Waals surface area (Å²) < 4.78 is 2.23. The average Bonchev–Trinajstić information content (AvgIpc) is 3.43. The number of carbonyl (C=O) groups excluding carboxylic acids is 1. The average molecular weight is 634 g/mol. The largest absolute Gasteiger partial charge is 0.512 e. The minimum atomic E-state index is -0.125. The molecule has 4 aromatic rings. The van der Waals surface area contributed by atoms with Crippen LogP contribution in [0.25, 0.3) is 27.8 Å². The van der Waals surface area contributed by atoms with Crippen molar-refractivity contribution in [3.63, 3.8) is 0 Å². The van der Waals surface area contributed by atoms with E-state index in [2.05, 4.69) is 55.7 Å². The van der Waals surface area contributed by atoms with Crippen LogP contribution in [0.3, 0.4) is 0 Å². The topological polar surface area (TPSA) is 82.1 Å². The number of nitrogens with zero attached hydrogens (tertiary/aromatic N) is 4. The molecule has 7 heteroatoms. The van der Waals surface area contributed by atoms with Gasteiger partial charge < -0.3 is 14.8 Å². The standard InChI is InChI=1S/C22H21N4.C5H8O2.Ir/c1-21(2)15-10-11-22(21,3)18-17(15)20(25-24-18)26-16-9-5-4-7-13(16)14-8-6-12-23-19(14)26;1-4(6)3-5(2)7;/h4-9,12,15H,10-11H2,1-3H3;3,6H,1-2H3;/q-1;;. The Labute approximate surface area is 212 Å². The van der Waals surface area contributed by atoms with Crippen LogP contribution in [0.4, 0.5) is 0 Å². The van der Waals surface area contributed by atoms with E-state index < -0.39 is 0 Å². The quantitative estimate of drug-likeness (QED) is 0.225. The van der Waals surface area contributed by atoms with Crippen LogP contribution in [0.15, 0.2) is 54.4 Å². The van der Waals surface area contributed by atoms with Crippen LogP contribution in [0.2, 0.25) is 0 Å². The van der Waals surface area contributed by atoms with E-state index in [0.717, 1.165) is 17.0 Å². The van der Waals surface area contributed by atoms with Crippen LogP contribution in [-0.4, -0.2) is 25.5 Å². The number of ketones is 1. The van der Waals surface area contributed by atoms with Gasteiger partial charge in [-0.1, -0.05) is 51.1 Å². The molecule has 1 aromatic carbocycles. The molecule has 34 heavy (non-hydrogen) atoms. The molecule has 6 rings (SSSR count). The number of pyridine rings is 1. The van der Waals surface area contributed by atoms with Crippen molar-refractivity contribution < 1.29 is 30.0 Å². The fourth-order valence-corrected chi connectivity index (χ4v) is 5.94. The molecule has 179 valence electrons. The van der Waals surface area contributed by atoms with Gasteiger partial charge in [-0.15, -0.1) is 0 Å². The van der Waals surface area contributed by atoms with E-state index in [9.17, 15) is 4.79 Å². The smallest absolute Gasteiger partial charge is 0.155 e. The fourth-order valence-electron chi connectivity index (χ4n) is 5.94. The van der Waals surface area contributed by atoms with Gasteiger partial charge in [-0.05, 0) is 66.4 Å². The van der Waals surface area contributed by atoms with Crippen molar-refractivity contribution >= 4 is 27.7 Å². The second kappa shape index (κ2) is 8.47. The van der Waals surface area contributed by atoms with Crippen LogP contribution in [0.5, 0.6) is 0 Å². The van der Waals surface area contributed by atoms with E-state index in [1.54, 1.807) is 0 Å². The number of aliphatic hydroxyl groups excluding tert-OH is 1. The molecule has 1 N–H and O–H groups in total. The number of para-hydroxylation sites is 1. The van der Waals surface area contributed by atoms with Crippen molar-refractivity contribution in [1.29, 1.82) is 0 Å². The third-order valence-corrected chi connectivity index (χ3v) is 7.90. The van der Waals surface area contributed by atoms with Crippen molar-refractivity contribution in [1.82, 2.24) is 19.7 Å². The first-order valence-electron chi connectivity index (χ1n) is 11.4. The van der Waals surface area contributed by atoms with E-state index in [-0.39, 0.29) is 42.5 Å². The van der Waals surface area contributed by atoms with Gasteiger partial charge in [0.05, 0.1) is 11.4 Å². The van der Waals surface area contributed by atoms with Gasteiger partial charge in [0.1, 0.15) is 0 Å². The Kier molecular flexibility index (Phi) is 6.07. The van der Waals surface area contributed by atoms with Crippen molar-refractivity contribution in [2.45, 2.75) is 58.8 Å². The molecule has 0 amide bonds. The van der Waals surface area contributed by atoms with Crippen LogP contribution >= 0.6 is 0 Å². The predicted octanol–water partition coefficient (Wildman–Crippen LogP) is 5.74. The second-order valence-corrected chi connectivity index (χ2v) is 10.1. The molecule has 2 bridgehead atoms. The Hall–Kier alpha value is -2.76. The molecule has 1 saturated carbocycles. The minimum Gasteiger partial charge on any atom is -0.512 e. The number of aliphatic hydroxyl groups is 1. The van der Waals surface area contributed by atoms with E-state index >= 15 is 0 Å².